The summed E-state index contributed by atoms with van der Waals surface area (Å²) in [6, 6.07) is 0. The van der Waals surface area contributed by atoms with Crippen molar-refractivity contribution in [3.05, 3.63) is 0 Å². The summed E-state index contributed by atoms with van der Waals surface area (Å²) in [5, 5.41) is 21.8. The second-order valence-electron chi connectivity index (χ2n) is 17.9. The van der Waals surface area contributed by atoms with Gasteiger partial charge < -0.3 is 29.2 Å². The van der Waals surface area contributed by atoms with Crippen molar-refractivity contribution in [2.24, 2.45) is 101 Å². The van der Waals surface area contributed by atoms with Crippen molar-refractivity contribution in [3.63, 3.8) is 0 Å². The van der Waals surface area contributed by atoms with Crippen LogP contribution in [0.4, 0.5) is 0 Å². The molecule has 1 aliphatic heterocycles. The summed E-state index contributed by atoms with van der Waals surface area (Å²) in [6.45, 7) is 9.41. The molecule has 272 valence electrons. The molecular formula is C38H54O11. The van der Waals surface area contributed by atoms with Gasteiger partial charge in [-0.2, -0.15) is 0 Å². The van der Waals surface area contributed by atoms with Gasteiger partial charge in [0, 0.05) is 7.11 Å². The maximum Gasteiger partial charge on any atom is 0.317 e. The molecule has 1 saturated heterocycles. The summed E-state index contributed by atoms with van der Waals surface area (Å²) in [4.78, 5) is 65.0. The number of ether oxygens (including phenoxy) is 4. The Labute approximate surface area is 288 Å². The summed E-state index contributed by atoms with van der Waals surface area (Å²) in [5.74, 6) is -3.59. The van der Waals surface area contributed by atoms with Gasteiger partial charge in [-0.1, -0.05) is 13.8 Å². The summed E-state index contributed by atoms with van der Waals surface area (Å²) < 4.78 is 21.4. The normalized spacial score (nSPS) is 47.1. The molecule has 6 saturated carbocycles. The van der Waals surface area contributed by atoms with E-state index in [2.05, 4.69) is 6.92 Å². The molecule has 18 atom stereocenters. The van der Waals surface area contributed by atoms with Gasteiger partial charge in [-0.15, -0.1) is 0 Å². The Hall–Kier alpha value is -2.53. The van der Waals surface area contributed by atoms with E-state index in [1.54, 1.807) is 6.92 Å². The summed E-state index contributed by atoms with van der Waals surface area (Å²) in [5.41, 5.74) is -0.634. The number of rotatable bonds is 10. The molecule has 6 aliphatic carbocycles. The van der Waals surface area contributed by atoms with Crippen LogP contribution in [0.1, 0.15) is 79.6 Å². The fourth-order valence-corrected chi connectivity index (χ4v) is 13.5. The van der Waals surface area contributed by atoms with Gasteiger partial charge in [0.1, 0.15) is 5.60 Å². The van der Waals surface area contributed by atoms with Gasteiger partial charge >= 0.3 is 29.8 Å². The highest BCUT2D eigenvalue weighted by Gasteiger charge is 2.70. The summed E-state index contributed by atoms with van der Waals surface area (Å²) in [6.07, 6.45) is 3.82. The number of hydrogen-bond donors (Lipinski definition) is 2. The summed E-state index contributed by atoms with van der Waals surface area (Å²) >= 11 is 0. The largest absolute Gasteiger partial charge is 0.481 e. The van der Waals surface area contributed by atoms with E-state index in [9.17, 15) is 34.2 Å². The van der Waals surface area contributed by atoms with E-state index in [4.69, 9.17) is 18.9 Å². The number of aliphatic carboxylic acids is 1. The number of aliphatic hydroxyl groups is 1. The van der Waals surface area contributed by atoms with Crippen molar-refractivity contribution < 1.29 is 53.1 Å². The minimum atomic E-state index is -0.852. The zero-order valence-electron chi connectivity index (χ0n) is 29.6. The Bertz CT molecular complexity index is 1370. The molecule has 2 N–H and O–H groups in total. The second-order valence-corrected chi connectivity index (χ2v) is 17.9. The Morgan fingerprint density at radius 3 is 2.00 bits per heavy atom. The first-order chi connectivity index (χ1) is 23.1. The Balaban J connectivity index is 1.24. The van der Waals surface area contributed by atoms with E-state index in [-0.39, 0.29) is 90.2 Å². The average Bonchev–Trinajstić information content (AvgIpc) is 3.87. The summed E-state index contributed by atoms with van der Waals surface area (Å²) in [7, 11) is 1.49. The second kappa shape index (κ2) is 12.6. The van der Waals surface area contributed by atoms with Gasteiger partial charge in [-0.25, -0.2) is 0 Å². The molecule has 7 aliphatic rings. The molecule has 18 unspecified atom stereocenters. The number of fused-ring (bicyclic) bond motifs is 6. The first-order valence-electron chi connectivity index (χ1n) is 18.6. The SMILES string of the molecule is COCOC(=O)C1CC2CC1C(C1C3CC(C(=O)O)C(C3)C1C1C(=O)OC(=O)C1C)C2C1C(C)C2CC(C(O)CC(=O)OC(C)(C)C)C1C2. The van der Waals surface area contributed by atoms with Gasteiger partial charge in [-0.05, 0) is 136 Å². The number of methoxy groups -OCH3 is 1. The van der Waals surface area contributed by atoms with E-state index < -0.39 is 53.3 Å². The Morgan fingerprint density at radius 2 is 1.43 bits per heavy atom. The molecule has 0 spiro atoms. The molecule has 1 heterocycles. The van der Waals surface area contributed by atoms with Gasteiger partial charge in [0.15, 0.2) is 6.79 Å². The minimum Gasteiger partial charge on any atom is -0.481 e. The molecule has 7 rings (SSSR count). The molecule has 0 amide bonds. The van der Waals surface area contributed by atoms with E-state index in [1.165, 1.54) is 7.11 Å². The molecule has 0 aromatic rings. The average molecular weight is 687 g/mol. The lowest BCUT2D eigenvalue weighted by molar-refractivity contribution is -0.165. The number of carbonyl (C=O) groups excluding carboxylic acids is 4. The Morgan fingerprint density at radius 1 is 0.816 bits per heavy atom. The predicted molar refractivity (Wildman–Crippen MR) is 172 cm³/mol. The third-order valence-electron chi connectivity index (χ3n) is 14.7. The third-order valence-corrected chi connectivity index (χ3v) is 14.7. The topological polar surface area (TPSA) is 163 Å². The van der Waals surface area contributed by atoms with Crippen LogP contribution >= 0.6 is 0 Å². The monoisotopic (exact) mass is 686 g/mol. The van der Waals surface area contributed by atoms with Crippen LogP contribution in [0.5, 0.6) is 0 Å². The molecule has 6 bridgehead atoms. The number of carboxylic acid groups (broad SMARTS) is 1. The lowest BCUT2D eigenvalue weighted by Crippen LogP contribution is -2.50. The van der Waals surface area contributed by atoms with Crippen molar-refractivity contribution >= 4 is 29.8 Å². The molecular weight excluding hydrogens is 632 g/mol. The van der Waals surface area contributed by atoms with Crippen LogP contribution < -0.4 is 0 Å². The molecule has 0 aromatic carbocycles. The van der Waals surface area contributed by atoms with Crippen LogP contribution in [-0.2, 0) is 42.9 Å². The Kier molecular flexibility index (Phi) is 8.98. The number of carbonyl (C=O) groups is 5. The minimum absolute atomic E-state index is 0.00868. The first-order valence-corrected chi connectivity index (χ1v) is 18.6. The molecule has 0 aromatic heterocycles. The van der Waals surface area contributed by atoms with Crippen molar-refractivity contribution in [1.29, 1.82) is 0 Å². The maximum absolute atomic E-state index is 13.5. The van der Waals surface area contributed by atoms with Crippen molar-refractivity contribution in [2.75, 3.05) is 13.9 Å². The van der Waals surface area contributed by atoms with E-state index in [1.807, 2.05) is 20.8 Å². The van der Waals surface area contributed by atoms with Crippen LogP contribution in [0.25, 0.3) is 0 Å². The highest BCUT2D eigenvalue weighted by Crippen LogP contribution is 2.72. The van der Waals surface area contributed by atoms with Crippen LogP contribution in [0.2, 0.25) is 0 Å². The van der Waals surface area contributed by atoms with E-state index in [0.717, 1.165) is 19.3 Å². The third kappa shape index (κ3) is 5.73. The van der Waals surface area contributed by atoms with Gasteiger partial charge in [0.05, 0.1) is 36.2 Å². The van der Waals surface area contributed by atoms with Gasteiger partial charge in [0.25, 0.3) is 0 Å². The predicted octanol–water partition coefficient (Wildman–Crippen LogP) is 4.33. The zero-order chi connectivity index (χ0) is 35.3. The van der Waals surface area contributed by atoms with E-state index >= 15 is 0 Å². The number of carboxylic acids is 1. The van der Waals surface area contributed by atoms with Crippen molar-refractivity contribution in [2.45, 2.75) is 91.3 Å². The quantitative estimate of drug-likeness (QED) is 0.146. The lowest BCUT2D eigenvalue weighted by Gasteiger charge is -2.51. The van der Waals surface area contributed by atoms with Crippen LogP contribution in [-0.4, -0.2) is 65.7 Å². The number of esters is 4. The molecule has 49 heavy (non-hydrogen) atoms. The van der Waals surface area contributed by atoms with Gasteiger partial charge in [0.2, 0.25) is 0 Å². The molecule has 11 nitrogen and oxygen atoms in total. The van der Waals surface area contributed by atoms with Crippen molar-refractivity contribution in [3.8, 4) is 0 Å². The lowest BCUT2D eigenvalue weighted by atomic mass is 9.53. The molecule has 11 heteroatoms. The zero-order valence-corrected chi connectivity index (χ0v) is 29.6. The standard InChI is InChI=1S/C38H54O11/c1-15-17-7-20(26(39)13-27(40)49-38(3,4)5)21(8-17)28(15)30-19-10-23(25(12-19)36(44)47-14-46-6)33(30)31-18-9-22(24(11-18)34(41)42)32(31)29-16(2)35(43)48-37(29)45/h15-26,28-33,39H,7-14H2,1-6H3,(H,41,42). The molecule has 0 radical (unpaired) electrons. The van der Waals surface area contributed by atoms with E-state index in [0.29, 0.717) is 31.1 Å². The first kappa shape index (κ1) is 34.9. The van der Waals surface area contributed by atoms with Crippen LogP contribution in [0.15, 0.2) is 0 Å². The fourth-order valence-electron chi connectivity index (χ4n) is 13.5. The van der Waals surface area contributed by atoms with Gasteiger partial charge in [-0.3, -0.25) is 24.0 Å². The maximum atomic E-state index is 13.5. The highest BCUT2D eigenvalue weighted by atomic mass is 16.7. The highest BCUT2D eigenvalue weighted by molar-refractivity contribution is 5.96. The number of aliphatic hydroxyl groups excluding tert-OH is 1. The fraction of sp³-hybridized carbons (Fsp3) is 0.868. The van der Waals surface area contributed by atoms with Crippen molar-refractivity contribution in [1.82, 2.24) is 0 Å². The smallest absolute Gasteiger partial charge is 0.317 e. The number of hydrogen-bond acceptors (Lipinski definition) is 10. The number of cyclic esters (lactones) is 2. The van der Waals surface area contributed by atoms with Crippen LogP contribution in [0, 0.1) is 101 Å². The van der Waals surface area contributed by atoms with Crippen LogP contribution in [0.3, 0.4) is 0 Å². The molecule has 7 fully saturated rings.